The van der Waals surface area contributed by atoms with Crippen molar-refractivity contribution in [2.75, 3.05) is 26.2 Å². The summed E-state index contributed by atoms with van der Waals surface area (Å²) in [5.41, 5.74) is 7.09. The normalized spacial score (nSPS) is 24.8. The van der Waals surface area contributed by atoms with Gasteiger partial charge in [-0.1, -0.05) is 12.1 Å². The van der Waals surface area contributed by atoms with Crippen LogP contribution in [0.1, 0.15) is 54.4 Å². The maximum absolute atomic E-state index is 12.4. The van der Waals surface area contributed by atoms with Crippen molar-refractivity contribution in [1.29, 1.82) is 0 Å². The highest BCUT2D eigenvalue weighted by molar-refractivity contribution is 5.92. The Kier molecular flexibility index (Phi) is 5.97. The van der Waals surface area contributed by atoms with Crippen molar-refractivity contribution < 1.29 is 9.59 Å². The van der Waals surface area contributed by atoms with Crippen LogP contribution in [-0.2, 0) is 11.3 Å². The largest absolute Gasteiger partial charge is 0.366 e. The highest BCUT2D eigenvalue weighted by Gasteiger charge is 2.33. The SMILES string of the molecule is NC(=O)c1ccc(CN2CCC(N3CCCC(C(=O)NC4CC4)C3)CC2)cc1. The predicted molar refractivity (Wildman–Crippen MR) is 109 cm³/mol. The number of nitrogens with two attached hydrogens (primary N) is 1. The van der Waals surface area contributed by atoms with Crippen molar-refractivity contribution in [2.24, 2.45) is 11.7 Å². The summed E-state index contributed by atoms with van der Waals surface area (Å²) in [4.78, 5) is 28.7. The number of likely N-dealkylation sites (tertiary alicyclic amines) is 2. The van der Waals surface area contributed by atoms with Crippen LogP contribution in [0.25, 0.3) is 0 Å². The van der Waals surface area contributed by atoms with Gasteiger partial charge in [-0.2, -0.15) is 0 Å². The van der Waals surface area contributed by atoms with E-state index >= 15 is 0 Å². The van der Waals surface area contributed by atoms with Gasteiger partial charge in [-0.05, 0) is 75.9 Å². The molecular weight excluding hydrogens is 352 g/mol. The first kappa shape index (κ1) is 19.4. The van der Waals surface area contributed by atoms with E-state index < -0.39 is 0 Å². The summed E-state index contributed by atoms with van der Waals surface area (Å²) < 4.78 is 0. The maximum Gasteiger partial charge on any atom is 0.248 e. The van der Waals surface area contributed by atoms with Crippen molar-refractivity contribution in [3.8, 4) is 0 Å². The van der Waals surface area contributed by atoms with Gasteiger partial charge in [-0.15, -0.1) is 0 Å². The van der Waals surface area contributed by atoms with E-state index in [0.29, 0.717) is 17.6 Å². The molecule has 0 radical (unpaired) electrons. The van der Waals surface area contributed by atoms with Gasteiger partial charge in [0, 0.05) is 30.7 Å². The molecule has 1 aromatic carbocycles. The molecule has 2 aliphatic heterocycles. The van der Waals surface area contributed by atoms with Gasteiger partial charge in [-0.3, -0.25) is 19.4 Å². The lowest BCUT2D eigenvalue weighted by Gasteiger charge is -2.42. The second-order valence-corrected chi connectivity index (χ2v) is 8.69. The number of carbonyl (C=O) groups excluding carboxylic acids is 2. The molecule has 6 nitrogen and oxygen atoms in total. The van der Waals surface area contributed by atoms with Crippen LogP contribution in [-0.4, -0.2) is 59.9 Å². The Morgan fingerprint density at radius 1 is 1.00 bits per heavy atom. The van der Waals surface area contributed by atoms with Gasteiger partial charge in [0.05, 0.1) is 5.92 Å². The second kappa shape index (κ2) is 8.62. The van der Waals surface area contributed by atoms with E-state index in [9.17, 15) is 9.59 Å². The van der Waals surface area contributed by atoms with Crippen LogP contribution in [0.15, 0.2) is 24.3 Å². The lowest BCUT2D eigenvalue weighted by atomic mass is 9.93. The Morgan fingerprint density at radius 2 is 1.71 bits per heavy atom. The van der Waals surface area contributed by atoms with E-state index in [-0.39, 0.29) is 17.7 Å². The number of benzene rings is 1. The van der Waals surface area contributed by atoms with Crippen LogP contribution in [0.2, 0.25) is 0 Å². The zero-order valence-electron chi connectivity index (χ0n) is 16.6. The van der Waals surface area contributed by atoms with Gasteiger partial charge >= 0.3 is 0 Å². The summed E-state index contributed by atoms with van der Waals surface area (Å²) in [6.45, 7) is 5.14. The lowest BCUT2D eigenvalue weighted by molar-refractivity contribution is -0.127. The second-order valence-electron chi connectivity index (χ2n) is 8.69. The number of hydrogen-bond donors (Lipinski definition) is 2. The highest BCUT2D eigenvalue weighted by atomic mass is 16.2. The quantitative estimate of drug-likeness (QED) is 0.783. The standard InChI is InChI=1S/C22H32N4O2/c23-21(27)17-5-3-16(4-6-17)14-25-12-9-20(10-13-25)26-11-1-2-18(15-26)22(28)24-19-7-8-19/h3-6,18-20H,1-2,7-15H2,(H2,23,27)(H,24,28). The zero-order chi connectivity index (χ0) is 19.5. The Balaban J connectivity index is 1.24. The number of rotatable bonds is 6. The fraction of sp³-hybridized carbons (Fsp3) is 0.636. The average Bonchev–Trinajstić information content (AvgIpc) is 3.53. The van der Waals surface area contributed by atoms with Crippen molar-refractivity contribution in [3.05, 3.63) is 35.4 Å². The van der Waals surface area contributed by atoms with Crippen LogP contribution in [0, 0.1) is 5.92 Å². The van der Waals surface area contributed by atoms with Crippen molar-refractivity contribution in [3.63, 3.8) is 0 Å². The monoisotopic (exact) mass is 384 g/mol. The van der Waals surface area contributed by atoms with Gasteiger partial charge in [-0.25, -0.2) is 0 Å². The number of amides is 2. The molecule has 0 spiro atoms. The van der Waals surface area contributed by atoms with Crippen molar-refractivity contribution in [2.45, 2.75) is 57.2 Å². The molecule has 6 heteroatoms. The molecule has 2 saturated heterocycles. The smallest absolute Gasteiger partial charge is 0.248 e. The molecule has 1 saturated carbocycles. The molecule has 4 rings (SSSR count). The Hall–Kier alpha value is -1.92. The van der Waals surface area contributed by atoms with Crippen molar-refractivity contribution >= 4 is 11.8 Å². The Labute approximate surface area is 167 Å². The van der Waals surface area contributed by atoms with E-state index in [2.05, 4.69) is 15.1 Å². The topological polar surface area (TPSA) is 78.7 Å². The van der Waals surface area contributed by atoms with Crippen LogP contribution in [0.4, 0.5) is 0 Å². The van der Waals surface area contributed by atoms with Crippen LogP contribution in [0.3, 0.4) is 0 Å². The van der Waals surface area contributed by atoms with E-state index in [4.69, 9.17) is 5.73 Å². The molecule has 3 fully saturated rings. The number of nitrogens with one attached hydrogen (secondary N) is 1. The van der Waals surface area contributed by atoms with E-state index in [1.807, 2.05) is 24.3 Å². The molecule has 0 aromatic heterocycles. The molecule has 3 N–H and O–H groups in total. The molecule has 1 aromatic rings. The number of nitrogens with zero attached hydrogens (tertiary/aromatic N) is 2. The van der Waals surface area contributed by atoms with Gasteiger partial charge in [0.15, 0.2) is 0 Å². The highest BCUT2D eigenvalue weighted by Crippen LogP contribution is 2.26. The molecule has 28 heavy (non-hydrogen) atoms. The minimum absolute atomic E-state index is 0.177. The molecule has 1 atom stereocenters. The summed E-state index contributed by atoms with van der Waals surface area (Å²) in [5, 5.41) is 3.19. The van der Waals surface area contributed by atoms with Crippen LogP contribution in [0.5, 0.6) is 0 Å². The molecule has 2 amide bonds. The van der Waals surface area contributed by atoms with E-state index in [1.165, 1.54) is 5.56 Å². The van der Waals surface area contributed by atoms with Crippen molar-refractivity contribution in [1.82, 2.24) is 15.1 Å². The van der Waals surface area contributed by atoms with Gasteiger partial charge < -0.3 is 11.1 Å². The molecule has 1 unspecified atom stereocenters. The molecule has 2 heterocycles. The summed E-state index contributed by atoms with van der Waals surface area (Å²) >= 11 is 0. The summed E-state index contributed by atoms with van der Waals surface area (Å²) in [6, 6.07) is 8.68. The molecule has 0 bridgehead atoms. The summed E-state index contributed by atoms with van der Waals surface area (Å²) in [7, 11) is 0. The Bertz CT molecular complexity index is 693. The fourth-order valence-electron chi connectivity index (χ4n) is 4.57. The third kappa shape index (κ3) is 4.92. The third-order valence-corrected chi connectivity index (χ3v) is 6.47. The van der Waals surface area contributed by atoms with Gasteiger partial charge in [0.25, 0.3) is 0 Å². The lowest BCUT2D eigenvalue weighted by Crippen LogP contribution is -2.50. The first-order valence-electron chi connectivity index (χ1n) is 10.7. The summed E-state index contributed by atoms with van der Waals surface area (Å²) in [5.74, 6) is 0.0817. The number of piperidine rings is 2. The summed E-state index contributed by atoms with van der Waals surface area (Å²) in [6.07, 6.45) is 6.81. The molecular formula is C22H32N4O2. The minimum atomic E-state index is -0.377. The Morgan fingerprint density at radius 3 is 2.36 bits per heavy atom. The fourth-order valence-corrected chi connectivity index (χ4v) is 4.57. The molecule has 152 valence electrons. The molecule has 1 aliphatic carbocycles. The van der Waals surface area contributed by atoms with Gasteiger partial charge in [0.1, 0.15) is 0 Å². The first-order chi connectivity index (χ1) is 13.6. The first-order valence-corrected chi connectivity index (χ1v) is 10.7. The van der Waals surface area contributed by atoms with E-state index in [0.717, 1.165) is 71.2 Å². The van der Waals surface area contributed by atoms with Crippen LogP contribution < -0.4 is 11.1 Å². The third-order valence-electron chi connectivity index (χ3n) is 6.47. The number of primary amides is 1. The zero-order valence-corrected chi connectivity index (χ0v) is 16.6. The van der Waals surface area contributed by atoms with Gasteiger partial charge in [0.2, 0.25) is 11.8 Å². The number of hydrogen-bond acceptors (Lipinski definition) is 4. The minimum Gasteiger partial charge on any atom is -0.366 e. The maximum atomic E-state index is 12.4. The molecule has 3 aliphatic rings. The van der Waals surface area contributed by atoms with Crippen LogP contribution >= 0.6 is 0 Å². The van der Waals surface area contributed by atoms with E-state index in [1.54, 1.807) is 0 Å². The average molecular weight is 385 g/mol. The predicted octanol–water partition coefficient (Wildman–Crippen LogP) is 1.74. The number of carbonyl (C=O) groups is 2.